The Bertz CT molecular complexity index is 878. The SMILES string of the molecule is Cc1ccccc1OC1CN(C(=O)Cc2c[nH]c(=O)n(C)c2=O)C1. The number of aryl methyl sites for hydroxylation is 1. The molecule has 0 spiro atoms. The Morgan fingerprint density at radius 3 is 2.71 bits per heavy atom. The second-order valence-corrected chi connectivity index (χ2v) is 5.96. The number of H-pyrrole nitrogens is 1. The van der Waals surface area contributed by atoms with E-state index in [1.54, 1.807) is 4.90 Å². The van der Waals surface area contributed by atoms with Crippen LogP contribution in [0.3, 0.4) is 0 Å². The lowest BCUT2D eigenvalue weighted by Gasteiger charge is -2.39. The molecule has 3 rings (SSSR count). The monoisotopic (exact) mass is 329 g/mol. The Morgan fingerprint density at radius 2 is 2.00 bits per heavy atom. The highest BCUT2D eigenvalue weighted by Crippen LogP contribution is 2.21. The second-order valence-electron chi connectivity index (χ2n) is 5.96. The molecule has 2 aromatic rings. The van der Waals surface area contributed by atoms with Crippen molar-refractivity contribution in [2.45, 2.75) is 19.4 Å². The third kappa shape index (κ3) is 3.10. The van der Waals surface area contributed by atoms with Gasteiger partial charge < -0.3 is 14.6 Å². The minimum atomic E-state index is -0.494. The molecule has 1 saturated heterocycles. The molecule has 24 heavy (non-hydrogen) atoms. The van der Waals surface area contributed by atoms with Crippen molar-refractivity contribution in [2.24, 2.45) is 7.05 Å². The number of nitrogens with zero attached hydrogens (tertiary/aromatic N) is 2. The van der Waals surface area contributed by atoms with Crippen LogP contribution in [0.1, 0.15) is 11.1 Å². The number of carbonyl (C=O) groups is 1. The second kappa shape index (κ2) is 6.35. The fourth-order valence-corrected chi connectivity index (χ4v) is 2.60. The van der Waals surface area contributed by atoms with Gasteiger partial charge in [-0.3, -0.25) is 14.2 Å². The summed E-state index contributed by atoms with van der Waals surface area (Å²) in [5.41, 5.74) is 0.400. The summed E-state index contributed by atoms with van der Waals surface area (Å²) in [4.78, 5) is 39.6. The van der Waals surface area contributed by atoms with Gasteiger partial charge in [0.15, 0.2) is 0 Å². The fraction of sp³-hybridized carbons (Fsp3) is 0.353. The van der Waals surface area contributed by atoms with Gasteiger partial charge in [0.2, 0.25) is 5.91 Å². The van der Waals surface area contributed by atoms with Gasteiger partial charge >= 0.3 is 5.69 Å². The van der Waals surface area contributed by atoms with Crippen molar-refractivity contribution in [1.29, 1.82) is 0 Å². The highest BCUT2D eigenvalue weighted by Gasteiger charge is 2.32. The van der Waals surface area contributed by atoms with Crippen LogP contribution in [0.15, 0.2) is 40.1 Å². The highest BCUT2D eigenvalue weighted by atomic mass is 16.5. The molecule has 1 fully saturated rings. The summed E-state index contributed by atoms with van der Waals surface area (Å²) in [6.07, 6.45) is 1.25. The quantitative estimate of drug-likeness (QED) is 0.869. The van der Waals surface area contributed by atoms with Gasteiger partial charge in [0.1, 0.15) is 11.9 Å². The van der Waals surface area contributed by atoms with Crippen LogP contribution in [-0.4, -0.2) is 39.6 Å². The lowest BCUT2D eigenvalue weighted by molar-refractivity contribution is -0.139. The number of nitrogens with one attached hydrogen (secondary N) is 1. The summed E-state index contributed by atoms with van der Waals surface area (Å²) < 4.78 is 6.82. The van der Waals surface area contributed by atoms with Crippen molar-refractivity contribution in [2.75, 3.05) is 13.1 Å². The number of hydrogen-bond donors (Lipinski definition) is 1. The maximum Gasteiger partial charge on any atom is 0.328 e. The van der Waals surface area contributed by atoms with Crippen molar-refractivity contribution in [3.05, 3.63) is 62.4 Å². The van der Waals surface area contributed by atoms with E-state index in [1.807, 2.05) is 31.2 Å². The van der Waals surface area contributed by atoms with E-state index >= 15 is 0 Å². The van der Waals surface area contributed by atoms with E-state index in [2.05, 4.69) is 4.98 Å². The molecule has 1 aromatic heterocycles. The molecule has 0 unspecified atom stereocenters. The molecule has 1 amide bonds. The standard InChI is InChI=1S/C17H19N3O4/c1-11-5-3-4-6-14(11)24-13-9-20(10-13)15(21)7-12-8-18-17(23)19(2)16(12)22/h3-6,8,13H,7,9-10H2,1-2H3,(H,18,23). The Kier molecular flexibility index (Phi) is 4.24. The maximum absolute atomic E-state index is 12.2. The lowest BCUT2D eigenvalue weighted by Crippen LogP contribution is -2.56. The van der Waals surface area contributed by atoms with E-state index in [0.29, 0.717) is 13.1 Å². The molecule has 0 atom stereocenters. The van der Waals surface area contributed by atoms with Gasteiger partial charge in [-0.1, -0.05) is 18.2 Å². The van der Waals surface area contributed by atoms with Crippen LogP contribution in [0.5, 0.6) is 5.75 Å². The summed E-state index contributed by atoms with van der Waals surface area (Å²) in [7, 11) is 1.38. The number of likely N-dealkylation sites (tertiary alicyclic amines) is 1. The summed E-state index contributed by atoms with van der Waals surface area (Å²) in [5.74, 6) is 0.674. The Hall–Kier alpha value is -2.83. The number of carbonyl (C=O) groups excluding carboxylic acids is 1. The van der Waals surface area contributed by atoms with Gasteiger partial charge in [-0.2, -0.15) is 0 Å². The molecule has 7 nitrogen and oxygen atoms in total. The molecule has 0 bridgehead atoms. The van der Waals surface area contributed by atoms with Crippen molar-refractivity contribution in [3.63, 3.8) is 0 Å². The predicted octanol–water partition coefficient (Wildman–Crippen LogP) is 0.214. The van der Waals surface area contributed by atoms with Crippen molar-refractivity contribution in [1.82, 2.24) is 14.5 Å². The number of ether oxygens (including phenoxy) is 1. The first-order valence-electron chi connectivity index (χ1n) is 7.73. The van der Waals surface area contributed by atoms with Gasteiger partial charge in [0.05, 0.1) is 19.5 Å². The van der Waals surface area contributed by atoms with Crippen molar-refractivity contribution in [3.8, 4) is 5.75 Å². The number of aromatic nitrogens is 2. The zero-order chi connectivity index (χ0) is 17.3. The maximum atomic E-state index is 12.2. The minimum absolute atomic E-state index is 0.0272. The molecule has 7 heteroatoms. The first kappa shape index (κ1) is 16.0. The molecular weight excluding hydrogens is 310 g/mol. The van der Waals surface area contributed by atoms with E-state index in [0.717, 1.165) is 15.9 Å². The van der Waals surface area contributed by atoms with E-state index in [9.17, 15) is 14.4 Å². The number of hydrogen-bond acceptors (Lipinski definition) is 4. The Morgan fingerprint density at radius 1 is 1.29 bits per heavy atom. The summed E-state index contributed by atoms with van der Waals surface area (Å²) in [6, 6.07) is 7.74. The fourth-order valence-electron chi connectivity index (χ4n) is 2.60. The summed E-state index contributed by atoms with van der Waals surface area (Å²) >= 11 is 0. The van der Waals surface area contributed by atoms with Crippen LogP contribution in [0.4, 0.5) is 0 Å². The summed E-state index contributed by atoms with van der Waals surface area (Å²) in [5, 5.41) is 0. The van der Waals surface area contributed by atoms with Gasteiger partial charge in [0, 0.05) is 18.8 Å². The van der Waals surface area contributed by atoms with Gasteiger partial charge in [0.25, 0.3) is 5.56 Å². The highest BCUT2D eigenvalue weighted by molar-refractivity contribution is 5.79. The Labute approximate surface area is 138 Å². The van der Waals surface area contributed by atoms with E-state index in [-0.39, 0.29) is 24.0 Å². The molecule has 1 N–H and O–H groups in total. The van der Waals surface area contributed by atoms with Crippen LogP contribution in [0, 0.1) is 6.92 Å². The predicted molar refractivity (Wildman–Crippen MR) is 88.2 cm³/mol. The third-order valence-electron chi connectivity index (χ3n) is 4.18. The number of amides is 1. The lowest BCUT2D eigenvalue weighted by atomic mass is 10.1. The van der Waals surface area contributed by atoms with E-state index < -0.39 is 11.2 Å². The Balaban J connectivity index is 1.58. The zero-order valence-electron chi connectivity index (χ0n) is 13.6. The van der Waals surface area contributed by atoms with Crippen molar-refractivity contribution < 1.29 is 9.53 Å². The first-order chi connectivity index (χ1) is 11.5. The molecule has 0 saturated carbocycles. The zero-order valence-corrected chi connectivity index (χ0v) is 13.6. The number of benzene rings is 1. The minimum Gasteiger partial charge on any atom is -0.486 e. The van der Waals surface area contributed by atoms with Crippen molar-refractivity contribution >= 4 is 5.91 Å². The average Bonchev–Trinajstić information content (AvgIpc) is 2.52. The molecule has 1 aromatic carbocycles. The molecule has 2 heterocycles. The molecule has 1 aliphatic heterocycles. The molecule has 126 valence electrons. The largest absolute Gasteiger partial charge is 0.486 e. The topological polar surface area (TPSA) is 84.4 Å². The number of rotatable bonds is 4. The number of para-hydroxylation sites is 1. The molecule has 1 aliphatic rings. The van der Waals surface area contributed by atoms with Crippen LogP contribution in [0.25, 0.3) is 0 Å². The van der Waals surface area contributed by atoms with E-state index in [4.69, 9.17) is 4.74 Å². The van der Waals surface area contributed by atoms with Gasteiger partial charge in [-0.05, 0) is 18.6 Å². The van der Waals surface area contributed by atoms with E-state index in [1.165, 1.54) is 13.2 Å². The number of aromatic amines is 1. The van der Waals surface area contributed by atoms with Crippen LogP contribution in [0.2, 0.25) is 0 Å². The molecule has 0 radical (unpaired) electrons. The van der Waals surface area contributed by atoms with Crippen LogP contribution < -0.4 is 16.0 Å². The third-order valence-corrected chi connectivity index (χ3v) is 4.18. The normalized spacial score (nSPS) is 14.3. The van der Waals surface area contributed by atoms with Gasteiger partial charge in [-0.15, -0.1) is 0 Å². The van der Waals surface area contributed by atoms with Crippen LogP contribution in [-0.2, 0) is 18.3 Å². The molecule has 0 aliphatic carbocycles. The first-order valence-corrected chi connectivity index (χ1v) is 7.73. The van der Waals surface area contributed by atoms with Crippen LogP contribution >= 0.6 is 0 Å². The molecular formula is C17H19N3O4. The smallest absolute Gasteiger partial charge is 0.328 e. The average molecular weight is 329 g/mol. The van der Waals surface area contributed by atoms with Gasteiger partial charge in [-0.25, -0.2) is 4.79 Å². The summed E-state index contributed by atoms with van der Waals surface area (Å²) in [6.45, 7) is 2.97.